The number of nitrogens with zero attached hydrogens (tertiary/aromatic N) is 2. The zero-order chi connectivity index (χ0) is 13.5. The maximum Gasteiger partial charge on any atom is 0.242 e. The minimum Gasteiger partial charge on any atom is -0.476 e. The largest absolute Gasteiger partial charge is 0.476 e. The number of aromatic nitrogens is 2. The Hall–Kier alpha value is -1.56. The Labute approximate surface area is 113 Å². The zero-order valence-corrected chi connectivity index (χ0v) is 11.4. The van der Waals surface area contributed by atoms with Gasteiger partial charge in [-0.25, -0.2) is 4.98 Å². The van der Waals surface area contributed by atoms with Crippen LogP contribution in [0.15, 0.2) is 6.33 Å². The lowest BCUT2D eigenvalue weighted by atomic mass is 10.1. The summed E-state index contributed by atoms with van der Waals surface area (Å²) in [7, 11) is 0. The summed E-state index contributed by atoms with van der Waals surface area (Å²) in [6.45, 7) is 5.24. The van der Waals surface area contributed by atoms with Crippen molar-refractivity contribution >= 4 is 11.5 Å². The van der Waals surface area contributed by atoms with E-state index in [4.69, 9.17) is 15.2 Å². The fraction of sp³-hybridized carbons (Fsp3) is 0.692. The van der Waals surface area contributed by atoms with Crippen LogP contribution in [0.2, 0.25) is 0 Å². The third-order valence-electron chi connectivity index (χ3n) is 3.16. The normalized spacial score (nSPS) is 18.5. The summed E-state index contributed by atoms with van der Waals surface area (Å²) in [4.78, 5) is 8.20. The van der Waals surface area contributed by atoms with Crippen LogP contribution in [0.5, 0.6) is 5.88 Å². The standard InChI is InChI=1S/C13H22N4O2/c1-2-6-19-13-11(14)12(16-9-17-13)15-5-3-10-4-7-18-8-10/h9-10H,2-8,14H2,1H3,(H,15,16,17). The van der Waals surface area contributed by atoms with E-state index in [9.17, 15) is 0 Å². The second kappa shape index (κ2) is 7.13. The molecule has 0 amide bonds. The van der Waals surface area contributed by atoms with Gasteiger partial charge in [0, 0.05) is 19.8 Å². The zero-order valence-electron chi connectivity index (χ0n) is 11.4. The Morgan fingerprint density at radius 1 is 1.53 bits per heavy atom. The van der Waals surface area contributed by atoms with Crippen molar-refractivity contribution < 1.29 is 9.47 Å². The van der Waals surface area contributed by atoms with Crippen molar-refractivity contribution in [3.05, 3.63) is 6.33 Å². The second-order valence-electron chi connectivity index (χ2n) is 4.73. The Morgan fingerprint density at radius 2 is 2.42 bits per heavy atom. The number of nitrogen functional groups attached to an aromatic ring is 1. The van der Waals surface area contributed by atoms with Crippen molar-refractivity contribution in [2.45, 2.75) is 26.2 Å². The topological polar surface area (TPSA) is 82.3 Å². The van der Waals surface area contributed by atoms with E-state index < -0.39 is 0 Å². The molecule has 1 aliphatic heterocycles. The predicted octanol–water partition coefficient (Wildman–Crippen LogP) is 1.69. The first-order valence-electron chi connectivity index (χ1n) is 6.86. The summed E-state index contributed by atoms with van der Waals surface area (Å²) in [5, 5.41) is 3.24. The van der Waals surface area contributed by atoms with Crippen LogP contribution in [0.3, 0.4) is 0 Å². The predicted molar refractivity (Wildman–Crippen MR) is 74.3 cm³/mol. The highest BCUT2D eigenvalue weighted by molar-refractivity contribution is 5.66. The molecule has 1 fully saturated rings. The van der Waals surface area contributed by atoms with Crippen LogP contribution >= 0.6 is 0 Å². The highest BCUT2D eigenvalue weighted by Crippen LogP contribution is 2.25. The molecule has 6 heteroatoms. The van der Waals surface area contributed by atoms with Gasteiger partial charge < -0.3 is 20.5 Å². The van der Waals surface area contributed by atoms with Crippen molar-refractivity contribution in [2.24, 2.45) is 5.92 Å². The Balaban J connectivity index is 1.84. The average Bonchev–Trinajstić information content (AvgIpc) is 2.92. The van der Waals surface area contributed by atoms with Gasteiger partial charge in [-0.05, 0) is 25.2 Å². The highest BCUT2D eigenvalue weighted by Gasteiger charge is 2.15. The lowest BCUT2D eigenvalue weighted by Crippen LogP contribution is -2.12. The van der Waals surface area contributed by atoms with E-state index in [-0.39, 0.29) is 0 Å². The van der Waals surface area contributed by atoms with Gasteiger partial charge in [-0.15, -0.1) is 0 Å². The monoisotopic (exact) mass is 266 g/mol. The van der Waals surface area contributed by atoms with Crippen molar-refractivity contribution in [1.82, 2.24) is 9.97 Å². The first kappa shape index (κ1) is 13.9. The molecule has 1 aromatic rings. The van der Waals surface area contributed by atoms with Gasteiger partial charge in [-0.3, -0.25) is 0 Å². The van der Waals surface area contributed by atoms with Crippen molar-refractivity contribution in [1.29, 1.82) is 0 Å². The highest BCUT2D eigenvalue weighted by atomic mass is 16.5. The van der Waals surface area contributed by atoms with Gasteiger partial charge in [0.05, 0.1) is 6.61 Å². The Morgan fingerprint density at radius 3 is 3.16 bits per heavy atom. The number of anilines is 2. The third-order valence-corrected chi connectivity index (χ3v) is 3.16. The summed E-state index contributed by atoms with van der Waals surface area (Å²) in [5.41, 5.74) is 6.47. The van der Waals surface area contributed by atoms with Crippen LogP contribution < -0.4 is 15.8 Å². The Bertz CT molecular complexity index is 394. The van der Waals surface area contributed by atoms with Crippen LogP contribution in [0, 0.1) is 5.92 Å². The van der Waals surface area contributed by atoms with Crippen LogP contribution in [0.1, 0.15) is 26.2 Å². The van der Waals surface area contributed by atoms with Crippen LogP contribution in [0.4, 0.5) is 11.5 Å². The number of ether oxygens (including phenoxy) is 2. The van der Waals surface area contributed by atoms with E-state index in [1.54, 1.807) is 0 Å². The quantitative estimate of drug-likeness (QED) is 0.781. The fourth-order valence-corrected chi connectivity index (χ4v) is 2.04. The van der Waals surface area contributed by atoms with Gasteiger partial charge in [-0.1, -0.05) is 6.92 Å². The van der Waals surface area contributed by atoms with Gasteiger partial charge in [0.15, 0.2) is 5.82 Å². The molecule has 0 spiro atoms. The first-order chi connectivity index (χ1) is 9.31. The molecule has 0 aromatic carbocycles. The van der Waals surface area contributed by atoms with E-state index in [1.165, 1.54) is 6.33 Å². The van der Waals surface area contributed by atoms with E-state index in [1.807, 2.05) is 6.92 Å². The van der Waals surface area contributed by atoms with Crippen LogP contribution in [-0.4, -0.2) is 36.3 Å². The molecule has 0 aliphatic carbocycles. The molecule has 2 heterocycles. The molecule has 0 radical (unpaired) electrons. The molecule has 2 rings (SSSR count). The molecule has 1 aliphatic rings. The molecule has 1 saturated heterocycles. The average molecular weight is 266 g/mol. The Kier molecular flexibility index (Phi) is 5.20. The third kappa shape index (κ3) is 3.96. The summed E-state index contributed by atoms with van der Waals surface area (Å²) in [6.07, 6.45) is 4.61. The molecule has 3 N–H and O–H groups in total. The SMILES string of the molecule is CCCOc1ncnc(NCCC2CCOC2)c1N. The van der Waals surface area contributed by atoms with Crippen molar-refractivity contribution in [2.75, 3.05) is 37.4 Å². The van der Waals surface area contributed by atoms with Crippen molar-refractivity contribution in [3.8, 4) is 5.88 Å². The molecule has 106 valence electrons. The number of nitrogens with two attached hydrogens (primary N) is 1. The molecule has 0 saturated carbocycles. The van der Waals surface area contributed by atoms with Crippen LogP contribution in [0.25, 0.3) is 0 Å². The van der Waals surface area contributed by atoms with E-state index in [0.29, 0.717) is 29.9 Å². The minimum atomic E-state index is 0.462. The molecule has 1 atom stereocenters. The van der Waals surface area contributed by atoms with Gasteiger partial charge in [-0.2, -0.15) is 4.98 Å². The molecule has 6 nitrogen and oxygen atoms in total. The van der Waals surface area contributed by atoms with Gasteiger partial charge >= 0.3 is 0 Å². The molecule has 1 aromatic heterocycles. The van der Waals surface area contributed by atoms with Gasteiger partial charge in [0.25, 0.3) is 0 Å². The second-order valence-corrected chi connectivity index (χ2v) is 4.73. The van der Waals surface area contributed by atoms with Crippen molar-refractivity contribution in [3.63, 3.8) is 0 Å². The minimum absolute atomic E-state index is 0.462. The van der Waals surface area contributed by atoms with Gasteiger partial charge in [0.1, 0.15) is 12.0 Å². The summed E-state index contributed by atoms with van der Waals surface area (Å²) in [5.74, 6) is 1.76. The summed E-state index contributed by atoms with van der Waals surface area (Å²) >= 11 is 0. The van der Waals surface area contributed by atoms with E-state index in [0.717, 1.165) is 39.0 Å². The summed E-state index contributed by atoms with van der Waals surface area (Å²) in [6, 6.07) is 0. The lowest BCUT2D eigenvalue weighted by Gasteiger charge is -2.12. The lowest BCUT2D eigenvalue weighted by molar-refractivity contribution is 0.185. The number of hydrogen-bond donors (Lipinski definition) is 2. The van der Waals surface area contributed by atoms with Crippen LogP contribution in [-0.2, 0) is 4.74 Å². The van der Waals surface area contributed by atoms with E-state index in [2.05, 4.69) is 15.3 Å². The number of nitrogens with one attached hydrogen (secondary N) is 1. The smallest absolute Gasteiger partial charge is 0.242 e. The summed E-state index contributed by atoms with van der Waals surface area (Å²) < 4.78 is 10.8. The molecule has 0 bridgehead atoms. The maximum atomic E-state index is 5.98. The molecular weight excluding hydrogens is 244 g/mol. The number of hydrogen-bond acceptors (Lipinski definition) is 6. The van der Waals surface area contributed by atoms with E-state index >= 15 is 0 Å². The first-order valence-corrected chi connectivity index (χ1v) is 6.86. The van der Waals surface area contributed by atoms with Gasteiger partial charge in [0.2, 0.25) is 5.88 Å². The fourth-order valence-electron chi connectivity index (χ4n) is 2.04. The maximum absolute atomic E-state index is 5.98. The number of rotatable bonds is 7. The molecule has 1 unspecified atom stereocenters. The molecule has 19 heavy (non-hydrogen) atoms. The molecular formula is C13H22N4O2.